The Morgan fingerprint density at radius 1 is 1.38 bits per heavy atom. The predicted molar refractivity (Wildman–Crippen MR) is 81.4 cm³/mol. The molecule has 0 radical (unpaired) electrons. The average molecular weight is 306 g/mol. The maximum atomic E-state index is 12.9. The summed E-state index contributed by atoms with van der Waals surface area (Å²) in [6.07, 6.45) is 4.25. The number of carbonyl (C=O) groups excluding carboxylic acids is 1. The number of nitrogen functional groups attached to an aromatic ring is 1. The van der Waals surface area contributed by atoms with Gasteiger partial charge < -0.3 is 11.1 Å². The number of amides is 1. The summed E-state index contributed by atoms with van der Waals surface area (Å²) in [6.45, 7) is 0. The number of thioether (sulfide) groups is 1. The molecule has 0 aliphatic heterocycles. The number of aromatic nitrogens is 2. The molecule has 3 N–H and O–H groups in total. The number of nitrogens with one attached hydrogen (secondary N) is 1. The van der Waals surface area contributed by atoms with Crippen molar-refractivity contribution in [1.29, 1.82) is 0 Å². The van der Waals surface area contributed by atoms with Crippen LogP contribution in [0.3, 0.4) is 0 Å². The quantitative estimate of drug-likeness (QED) is 0.371. The van der Waals surface area contributed by atoms with E-state index in [1.807, 2.05) is 6.07 Å². The molecule has 0 aliphatic rings. The van der Waals surface area contributed by atoms with Crippen molar-refractivity contribution in [3.63, 3.8) is 0 Å². The van der Waals surface area contributed by atoms with Gasteiger partial charge >= 0.3 is 0 Å². The van der Waals surface area contributed by atoms with E-state index in [2.05, 4.69) is 15.3 Å². The molecule has 0 unspecified atom stereocenters. The van der Waals surface area contributed by atoms with Crippen LogP contribution in [0.4, 0.5) is 15.8 Å². The van der Waals surface area contributed by atoms with E-state index in [4.69, 9.17) is 5.73 Å². The fourth-order valence-electron chi connectivity index (χ4n) is 1.63. The molecule has 5 nitrogen and oxygen atoms in total. The standard InChI is InChI=1S/C14H15FN4OS/c15-10-3-4-12(11(16)8-10)19-13(20)2-1-7-21-14-5-6-17-9-18-14/h3-6,8-9H,1-2,7,16H2,(H,19,20). The molecule has 0 spiro atoms. The Morgan fingerprint density at radius 2 is 2.24 bits per heavy atom. The summed E-state index contributed by atoms with van der Waals surface area (Å²) in [5, 5.41) is 3.55. The second-order valence-electron chi connectivity index (χ2n) is 4.28. The summed E-state index contributed by atoms with van der Waals surface area (Å²) in [5.74, 6) is 0.215. The van der Waals surface area contributed by atoms with Gasteiger partial charge in [-0.25, -0.2) is 14.4 Å². The van der Waals surface area contributed by atoms with Gasteiger partial charge in [-0.1, -0.05) is 0 Å². The zero-order valence-corrected chi connectivity index (χ0v) is 12.1. The molecule has 21 heavy (non-hydrogen) atoms. The Bertz CT molecular complexity index is 609. The molecule has 0 fully saturated rings. The number of halogens is 1. The van der Waals surface area contributed by atoms with Crippen molar-refractivity contribution in [3.8, 4) is 0 Å². The van der Waals surface area contributed by atoms with Gasteiger partial charge in [-0.2, -0.15) is 0 Å². The minimum atomic E-state index is -0.424. The molecule has 7 heteroatoms. The first-order chi connectivity index (χ1) is 10.1. The van der Waals surface area contributed by atoms with E-state index in [0.717, 1.165) is 10.8 Å². The van der Waals surface area contributed by atoms with E-state index in [9.17, 15) is 9.18 Å². The molecule has 0 saturated carbocycles. The number of rotatable bonds is 6. The van der Waals surface area contributed by atoms with Gasteiger partial charge in [0.15, 0.2) is 0 Å². The molecule has 2 aromatic rings. The highest BCUT2D eigenvalue weighted by Crippen LogP contribution is 2.20. The van der Waals surface area contributed by atoms with Crippen LogP contribution in [0.5, 0.6) is 0 Å². The van der Waals surface area contributed by atoms with Crippen molar-refractivity contribution in [3.05, 3.63) is 42.6 Å². The van der Waals surface area contributed by atoms with Crippen molar-refractivity contribution < 1.29 is 9.18 Å². The number of benzene rings is 1. The second-order valence-corrected chi connectivity index (χ2v) is 5.39. The van der Waals surface area contributed by atoms with Gasteiger partial charge in [0.05, 0.1) is 16.4 Å². The Morgan fingerprint density at radius 3 is 2.95 bits per heavy atom. The summed E-state index contributed by atoms with van der Waals surface area (Å²) in [4.78, 5) is 19.7. The SMILES string of the molecule is Nc1cc(F)ccc1NC(=O)CCCSc1ccncn1. The molecule has 2 rings (SSSR count). The van der Waals surface area contributed by atoms with Crippen LogP contribution in [0.2, 0.25) is 0 Å². The van der Waals surface area contributed by atoms with Crippen LogP contribution >= 0.6 is 11.8 Å². The number of carbonyl (C=O) groups is 1. The third kappa shape index (κ3) is 5.03. The first-order valence-corrected chi connectivity index (χ1v) is 7.37. The molecule has 1 heterocycles. The summed E-state index contributed by atoms with van der Waals surface area (Å²) < 4.78 is 12.9. The smallest absolute Gasteiger partial charge is 0.224 e. The maximum absolute atomic E-state index is 12.9. The summed E-state index contributed by atoms with van der Waals surface area (Å²) in [7, 11) is 0. The lowest BCUT2D eigenvalue weighted by atomic mass is 10.2. The third-order valence-corrected chi connectivity index (χ3v) is 3.67. The molecule has 1 aromatic carbocycles. The molecule has 1 amide bonds. The molecule has 110 valence electrons. The largest absolute Gasteiger partial charge is 0.397 e. The molecular weight excluding hydrogens is 291 g/mol. The lowest BCUT2D eigenvalue weighted by Crippen LogP contribution is -2.13. The van der Waals surface area contributed by atoms with Crippen LogP contribution in [-0.4, -0.2) is 21.6 Å². The first kappa shape index (κ1) is 15.2. The fourth-order valence-corrected chi connectivity index (χ4v) is 2.41. The van der Waals surface area contributed by atoms with Crippen LogP contribution < -0.4 is 11.1 Å². The van der Waals surface area contributed by atoms with Gasteiger partial charge in [0, 0.05) is 12.6 Å². The Kier molecular flexibility index (Phi) is 5.51. The van der Waals surface area contributed by atoms with Crippen LogP contribution in [0.15, 0.2) is 41.8 Å². The van der Waals surface area contributed by atoms with Crippen molar-refractivity contribution in [2.24, 2.45) is 0 Å². The van der Waals surface area contributed by atoms with Crippen molar-refractivity contribution in [2.45, 2.75) is 17.9 Å². The Balaban J connectivity index is 1.72. The second kappa shape index (κ2) is 7.58. The molecule has 0 atom stereocenters. The highest BCUT2D eigenvalue weighted by atomic mass is 32.2. The molecule has 0 bridgehead atoms. The van der Waals surface area contributed by atoms with E-state index < -0.39 is 5.82 Å². The number of hydrogen-bond acceptors (Lipinski definition) is 5. The van der Waals surface area contributed by atoms with Crippen LogP contribution in [0.25, 0.3) is 0 Å². The Hall–Kier alpha value is -2.15. The van der Waals surface area contributed by atoms with Crippen LogP contribution in [-0.2, 0) is 4.79 Å². The Labute approximate surface area is 126 Å². The van der Waals surface area contributed by atoms with E-state index in [-0.39, 0.29) is 11.6 Å². The average Bonchev–Trinajstić information content (AvgIpc) is 2.48. The van der Waals surface area contributed by atoms with Gasteiger partial charge in [0.25, 0.3) is 0 Å². The molecular formula is C14H15FN4OS. The molecule has 0 aliphatic carbocycles. The summed E-state index contributed by atoms with van der Waals surface area (Å²) in [5.41, 5.74) is 6.28. The zero-order valence-electron chi connectivity index (χ0n) is 11.3. The summed E-state index contributed by atoms with van der Waals surface area (Å²) in [6, 6.07) is 5.72. The van der Waals surface area contributed by atoms with Gasteiger partial charge in [0.2, 0.25) is 5.91 Å². The topological polar surface area (TPSA) is 80.9 Å². The zero-order chi connectivity index (χ0) is 15.1. The van der Waals surface area contributed by atoms with Gasteiger partial charge in [-0.05, 0) is 36.4 Å². The van der Waals surface area contributed by atoms with Crippen molar-refractivity contribution >= 4 is 29.0 Å². The van der Waals surface area contributed by atoms with E-state index >= 15 is 0 Å². The van der Waals surface area contributed by atoms with Crippen molar-refractivity contribution in [1.82, 2.24) is 9.97 Å². The van der Waals surface area contributed by atoms with Crippen LogP contribution in [0, 0.1) is 5.82 Å². The maximum Gasteiger partial charge on any atom is 0.224 e. The molecule has 0 saturated heterocycles. The molecule has 1 aromatic heterocycles. The van der Waals surface area contributed by atoms with Gasteiger partial charge in [-0.15, -0.1) is 11.8 Å². The minimum Gasteiger partial charge on any atom is -0.397 e. The number of nitrogens with zero attached hydrogens (tertiary/aromatic N) is 2. The van der Waals surface area contributed by atoms with Crippen LogP contribution in [0.1, 0.15) is 12.8 Å². The lowest BCUT2D eigenvalue weighted by Gasteiger charge is -2.08. The fraction of sp³-hybridized carbons (Fsp3) is 0.214. The minimum absolute atomic E-state index is 0.142. The monoisotopic (exact) mass is 306 g/mol. The lowest BCUT2D eigenvalue weighted by molar-refractivity contribution is -0.116. The van der Waals surface area contributed by atoms with Gasteiger partial charge in [-0.3, -0.25) is 4.79 Å². The number of nitrogens with two attached hydrogens (primary N) is 1. The third-order valence-electron chi connectivity index (χ3n) is 2.64. The van der Waals surface area contributed by atoms with E-state index in [0.29, 0.717) is 18.5 Å². The van der Waals surface area contributed by atoms with Gasteiger partial charge in [0.1, 0.15) is 12.1 Å². The number of anilines is 2. The predicted octanol–water partition coefficient (Wildman–Crippen LogP) is 2.71. The number of hydrogen-bond donors (Lipinski definition) is 2. The first-order valence-electron chi connectivity index (χ1n) is 6.39. The van der Waals surface area contributed by atoms with Crippen molar-refractivity contribution in [2.75, 3.05) is 16.8 Å². The highest BCUT2D eigenvalue weighted by molar-refractivity contribution is 7.99. The van der Waals surface area contributed by atoms with E-state index in [1.54, 1.807) is 18.0 Å². The highest BCUT2D eigenvalue weighted by Gasteiger charge is 2.06. The normalized spacial score (nSPS) is 10.3. The summed E-state index contributed by atoms with van der Waals surface area (Å²) >= 11 is 1.57. The van der Waals surface area contributed by atoms with E-state index in [1.165, 1.54) is 24.5 Å².